The number of alkyl halides is 3. The van der Waals surface area contributed by atoms with Crippen LogP contribution in [0.15, 0.2) is 29.2 Å². The molecule has 0 aromatic carbocycles. The van der Waals surface area contributed by atoms with Crippen LogP contribution in [0.4, 0.5) is 19.0 Å². The number of nitrogens with zero attached hydrogens (tertiary/aromatic N) is 3. The second-order valence-corrected chi connectivity index (χ2v) is 4.46. The summed E-state index contributed by atoms with van der Waals surface area (Å²) < 4.78 is 37.1. The number of rotatable bonds is 3. The lowest BCUT2D eigenvalue weighted by atomic mass is 10.2. The normalized spacial score (nSPS) is 11.6. The van der Waals surface area contributed by atoms with Gasteiger partial charge in [-0.1, -0.05) is 0 Å². The molecule has 0 radical (unpaired) electrons. The molecule has 0 aliphatic rings. The van der Waals surface area contributed by atoms with Gasteiger partial charge in [0.2, 0.25) is 0 Å². The number of anilines is 1. The summed E-state index contributed by atoms with van der Waals surface area (Å²) in [6, 6.07) is 2.38. The maximum atomic E-state index is 12.4. The van der Waals surface area contributed by atoms with Crippen LogP contribution in [0, 0.1) is 0 Å². The van der Waals surface area contributed by atoms with E-state index in [1.807, 2.05) is 5.38 Å². The molecule has 2 aromatic heterocycles. The van der Waals surface area contributed by atoms with Crippen molar-refractivity contribution < 1.29 is 13.2 Å². The highest BCUT2D eigenvalue weighted by Gasteiger charge is 2.30. The minimum atomic E-state index is -4.35. The van der Waals surface area contributed by atoms with Gasteiger partial charge >= 0.3 is 6.18 Å². The maximum absolute atomic E-state index is 12.4. The minimum absolute atomic E-state index is 0.482. The van der Waals surface area contributed by atoms with Crippen LogP contribution in [0.2, 0.25) is 0 Å². The Morgan fingerprint density at radius 2 is 2.06 bits per heavy atom. The van der Waals surface area contributed by atoms with Crippen LogP contribution < -0.4 is 4.90 Å². The molecule has 0 atom stereocenters. The highest BCUT2D eigenvalue weighted by atomic mass is 32.1. The van der Waals surface area contributed by atoms with Crippen molar-refractivity contribution in [3.05, 3.63) is 40.5 Å². The van der Waals surface area contributed by atoms with E-state index in [0.717, 1.165) is 18.0 Å². The molecule has 2 heterocycles. The van der Waals surface area contributed by atoms with E-state index >= 15 is 0 Å². The Hall–Kier alpha value is -1.63. The molecule has 0 bridgehead atoms. The van der Waals surface area contributed by atoms with Crippen LogP contribution in [0.3, 0.4) is 0 Å². The first kappa shape index (κ1) is 12.8. The van der Waals surface area contributed by atoms with E-state index in [1.54, 1.807) is 17.5 Å². The van der Waals surface area contributed by atoms with E-state index in [0.29, 0.717) is 12.4 Å². The van der Waals surface area contributed by atoms with Crippen molar-refractivity contribution in [2.75, 3.05) is 11.9 Å². The monoisotopic (exact) mass is 273 g/mol. The third kappa shape index (κ3) is 2.98. The molecule has 7 heteroatoms. The molecule has 2 aromatic rings. The van der Waals surface area contributed by atoms with Gasteiger partial charge in [0, 0.05) is 18.6 Å². The Kier molecular flexibility index (Phi) is 3.51. The van der Waals surface area contributed by atoms with Gasteiger partial charge in [-0.15, -0.1) is 11.3 Å². The van der Waals surface area contributed by atoms with Crippen molar-refractivity contribution in [2.45, 2.75) is 12.7 Å². The fourth-order valence-corrected chi connectivity index (χ4v) is 1.97. The van der Waals surface area contributed by atoms with Gasteiger partial charge in [-0.3, -0.25) is 0 Å². The summed E-state index contributed by atoms with van der Waals surface area (Å²) in [5.74, 6) is 0.482. The van der Waals surface area contributed by atoms with Crippen LogP contribution in [-0.2, 0) is 12.7 Å². The molecule has 0 saturated heterocycles. The molecule has 0 aliphatic carbocycles. The van der Waals surface area contributed by atoms with Gasteiger partial charge in [0.15, 0.2) is 0 Å². The highest BCUT2D eigenvalue weighted by molar-refractivity contribution is 7.07. The summed E-state index contributed by atoms with van der Waals surface area (Å²) in [7, 11) is 1.76. The first-order chi connectivity index (χ1) is 8.47. The summed E-state index contributed by atoms with van der Waals surface area (Å²) in [6.45, 7) is 0.516. The van der Waals surface area contributed by atoms with Gasteiger partial charge in [-0.25, -0.2) is 9.97 Å². The zero-order chi connectivity index (χ0) is 13.2. The predicted molar refractivity (Wildman–Crippen MR) is 63.5 cm³/mol. The van der Waals surface area contributed by atoms with Crippen molar-refractivity contribution >= 4 is 17.2 Å². The average Bonchev–Trinajstić information content (AvgIpc) is 2.81. The number of thiazole rings is 1. The van der Waals surface area contributed by atoms with Crippen molar-refractivity contribution in [2.24, 2.45) is 0 Å². The van der Waals surface area contributed by atoms with Crippen LogP contribution in [-0.4, -0.2) is 17.0 Å². The van der Waals surface area contributed by atoms with E-state index in [2.05, 4.69) is 9.97 Å². The van der Waals surface area contributed by atoms with Crippen molar-refractivity contribution in [3.8, 4) is 0 Å². The number of pyridine rings is 1. The van der Waals surface area contributed by atoms with Crippen LogP contribution in [0.1, 0.15) is 11.3 Å². The fraction of sp³-hybridized carbons (Fsp3) is 0.273. The summed E-state index contributed by atoms with van der Waals surface area (Å²) >= 11 is 1.48. The molecule has 0 aliphatic heterocycles. The number of hydrogen-bond acceptors (Lipinski definition) is 4. The SMILES string of the molecule is CN(Cc1cscn1)c1ccc(C(F)(F)F)cn1. The Balaban J connectivity index is 2.10. The summed E-state index contributed by atoms with van der Waals surface area (Å²) in [4.78, 5) is 9.66. The molecule has 0 unspecified atom stereocenters. The molecular formula is C11H10F3N3S. The standard InChI is InChI=1S/C11H10F3N3S/c1-17(5-9-6-18-7-16-9)10-3-2-8(4-15-10)11(12,13)14/h2-4,6-7H,5H2,1H3. The van der Waals surface area contributed by atoms with E-state index < -0.39 is 11.7 Å². The van der Waals surface area contributed by atoms with Crippen LogP contribution in [0.25, 0.3) is 0 Å². The van der Waals surface area contributed by atoms with E-state index in [1.165, 1.54) is 17.4 Å². The first-order valence-electron chi connectivity index (χ1n) is 5.08. The number of hydrogen-bond donors (Lipinski definition) is 0. The van der Waals surface area contributed by atoms with Crippen molar-refractivity contribution in [1.29, 1.82) is 0 Å². The number of halogens is 3. The Morgan fingerprint density at radius 3 is 2.56 bits per heavy atom. The summed E-state index contributed by atoms with van der Waals surface area (Å²) in [5, 5.41) is 1.89. The molecule has 3 nitrogen and oxygen atoms in total. The molecule has 0 N–H and O–H groups in total. The average molecular weight is 273 g/mol. The molecule has 0 spiro atoms. The van der Waals surface area contributed by atoms with Crippen molar-refractivity contribution in [1.82, 2.24) is 9.97 Å². The first-order valence-corrected chi connectivity index (χ1v) is 6.02. The molecule has 0 fully saturated rings. The zero-order valence-electron chi connectivity index (χ0n) is 9.48. The molecule has 18 heavy (non-hydrogen) atoms. The summed E-state index contributed by atoms with van der Waals surface area (Å²) in [5.41, 5.74) is 1.83. The molecule has 0 amide bonds. The Bertz CT molecular complexity index is 493. The smallest absolute Gasteiger partial charge is 0.354 e. The van der Waals surface area contributed by atoms with Gasteiger partial charge in [0.05, 0.1) is 23.3 Å². The van der Waals surface area contributed by atoms with Crippen LogP contribution in [0.5, 0.6) is 0 Å². The van der Waals surface area contributed by atoms with E-state index in [-0.39, 0.29) is 0 Å². The van der Waals surface area contributed by atoms with Crippen LogP contribution >= 0.6 is 11.3 Å². The van der Waals surface area contributed by atoms with Gasteiger partial charge in [0.25, 0.3) is 0 Å². The van der Waals surface area contributed by atoms with E-state index in [4.69, 9.17) is 0 Å². The molecule has 0 saturated carbocycles. The predicted octanol–water partition coefficient (Wildman–Crippen LogP) is 3.19. The lowest BCUT2D eigenvalue weighted by Gasteiger charge is -2.17. The van der Waals surface area contributed by atoms with Crippen molar-refractivity contribution in [3.63, 3.8) is 0 Å². The van der Waals surface area contributed by atoms with E-state index in [9.17, 15) is 13.2 Å². The number of aromatic nitrogens is 2. The third-order valence-corrected chi connectivity index (χ3v) is 2.98. The van der Waals surface area contributed by atoms with Gasteiger partial charge in [-0.2, -0.15) is 13.2 Å². The molecule has 2 rings (SSSR count). The van der Waals surface area contributed by atoms with Gasteiger partial charge in [0.1, 0.15) is 5.82 Å². The maximum Gasteiger partial charge on any atom is 0.417 e. The zero-order valence-corrected chi connectivity index (χ0v) is 10.3. The molecular weight excluding hydrogens is 263 g/mol. The second-order valence-electron chi connectivity index (χ2n) is 3.74. The third-order valence-electron chi connectivity index (χ3n) is 2.35. The fourth-order valence-electron chi connectivity index (χ4n) is 1.42. The van der Waals surface area contributed by atoms with Gasteiger partial charge < -0.3 is 4.90 Å². The minimum Gasteiger partial charge on any atom is -0.354 e. The largest absolute Gasteiger partial charge is 0.417 e. The lowest BCUT2D eigenvalue weighted by Crippen LogP contribution is -2.18. The topological polar surface area (TPSA) is 29.0 Å². The molecule has 96 valence electrons. The quantitative estimate of drug-likeness (QED) is 0.860. The Morgan fingerprint density at radius 1 is 1.28 bits per heavy atom. The second kappa shape index (κ2) is 4.93. The van der Waals surface area contributed by atoms with Gasteiger partial charge in [-0.05, 0) is 12.1 Å². The Labute approximate surface area is 106 Å². The lowest BCUT2D eigenvalue weighted by molar-refractivity contribution is -0.137. The summed E-state index contributed by atoms with van der Waals surface area (Å²) in [6.07, 6.45) is -3.51. The highest BCUT2D eigenvalue weighted by Crippen LogP contribution is 2.29.